The summed E-state index contributed by atoms with van der Waals surface area (Å²) in [5, 5.41) is 4.05. The van der Waals surface area contributed by atoms with Crippen molar-refractivity contribution in [2.75, 3.05) is 7.11 Å². The van der Waals surface area contributed by atoms with Crippen molar-refractivity contribution in [3.05, 3.63) is 71.1 Å². The minimum Gasteiger partial charge on any atom is -0.467 e. The molecule has 0 bridgehead atoms. The molecule has 0 saturated heterocycles. The number of carbonyl (C=O) groups excluding carboxylic acids is 2. The molecular weight excluding hydrogens is 406 g/mol. The van der Waals surface area contributed by atoms with Gasteiger partial charge in [-0.3, -0.25) is 4.79 Å². The average molecular weight is 434 g/mol. The Kier molecular flexibility index (Phi) is 6.35. The van der Waals surface area contributed by atoms with E-state index in [0.29, 0.717) is 37.0 Å². The summed E-state index contributed by atoms with van der Waals surface area (Å²) < 4.78 is 10.3. The van der Waals surface area contributed by atoms with Crippen LogP contribution in [-0.2, 0) is 33.7 Å². The van der Waals surface area contributed by atoms with Crippen molar-refractivity contribution in [2.45, 2.75) is 51.6 Å². The summed E-state index contributed by atoms with van der Waals surface area (Å²) in [6, 6.07) is 15.3. The number of carbonyl (C=O) groups is 2. The van der Waals surface area contributed by atoms with E-state index in [2.05, 4.69) is 36.1 Å². The molecule has 0 spiro atoms. The van der Waals surface area contributed by atoms with E-state index in [1.165, 1.54) is 12.7 Å². The van der Waals surface area contributed by atoms with E-state index in [-0.39, 0.29) is 12.3 Å². The first-order chi connectivity index (χ1) is 15.5. The van der Waals surface area contributed by atoms with Crippen LogP contribution >= 0.6 is 0 Å². The topological polar surface area (TPSA) is 85.5 Å². The number of fused-ring (bicyclic) bond motifs is 1. The van der Waals surface area contributed by atoms with E-state index in [4.69, 9.17) is 9.26 Å². The monoisotopic (exact) mass is 433 g/mol. The Morgan fingerprint density at radius 3 is 2.53 bits per heavy atom. The van der Waals surface area contributed by atoms with Gasteiger partial charge in [-0.1, -0.05) is 67.5 Å². The number of benzene rings is 2. The first kappa shape index (κ1) is 21.7. The number of amides is 1. The van der Waals surface area contributed by atoms with Crippen LogP contribution in [0.5, 0.6) is 0 Å². The van der Waals surface area contributed by atoms with Gasteiger partial charge in [0.05, 0.1) is 7.11 Å². The van der Waals surface area contributed by atoms with Gasteiger partial charge in [0.15, 0.2) is 0 Å². The zero-order chi connectivity index (χ0) is 22.7. The van der Waals surface area contributed by atoms with Gasteiger partial charge in [-0.2, -0.15) is 4.98 Å². The van der Waals surface area contributed by atoms with Crippen LogP contribution < -0.4 is 0 Å². The van der Waals surface area contributed by atoms with Crippen molar-refractivity contribution in [3.63, 3.8) is 0 Å². The molecule has 1 amide bonds. The summed E-state index contributed by atoms with van der Waals surface area (Å²) in [4.78, 5) is 31.4. The second-order valence-corrected chi connectivity index (χ2v) is 8.32. The molecule has 0 aliphatic carbocycles. The fourth-order valence-electron chi connectivity index (χ4n) is 3.98. The molecule has 1 atom stereocenters. The molecule has 0 N–H and O–H groups in total. The third-order valence-corrected chi connectivity index (χ3v) is 5.90. The molecule has 0 radical (unpaired) electrons. The molecule has 1 unspecified atom stereocenters. The fourth-order valence-corrected chi connectivity index (χ4v) is 3.98. The zero-order valence-corrected chi connectivity index (χ0v) is 18.6. The lowest BCUT2D eigenvalue weighted by atomic mass is 9.93. The van der Waals surface area contributed by atoms with E-state index in [9.17, 15) is 9.59 Å². The van der Waals surface area contributed by atoms with E-state index >= 15 is 0 Å². The number of hydrogen-bond donors (Lipinski definition) is 0. The maximum atomic E-state index is 13.0. The van der Waals surface area contributed by atoms with Crippen LogP contribution in [0.15, 0.2) is 53.1 Å². The number of aromatic nitrogens is 2. The summed E-state index contributed by atoms with van der Waals surface area (Å²) in [6.45, 7) is 4.67. The molecular formula is C25H27N3O4. The molecule has 166 valence electrons. The quantitative estimate of drug-likeness (QED) is 0.548. The molecule has 0 saturated carbocycles. The highest BCUT2D eigenvalue weighted by molar-refractivity contribution is 5.85. The van der Waals surface area contributed by atoms with Gasteiger partial charge in [-0.25, -0.2) is 4.79 Å². The van der Waals surface area contributed by atoms with Gasteiger partial charge in [0, 0.05) is 31.4 Å². The first-order valence-corrected chi connectivity index (χ1v) is 10.8. The van der Waals surface area contributed by atoms with Gasteiger partial charge in [-0.15, -0.1) is 0 Å². The summed E-state index contributed by atoms with van der Waals surface area (Å²) >= 11 is 0. The van der Waals surface area contributed by atoms with Gasteiger partial charge >= 0.3 is 5.97 Å². The highest BCUT2D eigenvalue weighted by Gasteiger charge is 2.35. The number of aryl methyl sites for hydroxylation is 1. The van der Waals surface area contributed by atoms with Crippen molar-refractivity contribution < 1.29 is 18.8 Å². The Morgan fingerprint density at radius 1 is 1.12 bits per heavy atom. The number of methoxy groups -OCH3 is 1. The maximum Gasteiger partial charge on any atom is 0.328 e. The van der Waals surface area contributed by atoms with Gasteiger partial charge in [0.1, 0.15) is 6.04 Å². The number of ether oxygens (including phenoxy) is 1. The molecule has 4 rings (SSSR count). The van der Waals surface area contributed by atoms with E-state index < -0.39 is 12.0 Å². The van der Waals surface area contributed by atoms with Crippen molar-refractivity contribution in [3.8, 4) is 11.4 Å². The second kappa shape index (κ2) is 9.34. The molecule has 2 aromatic carbocycles. The first-order valence-electron chi connectivity index (χ1n) is 10.8. The van der Waals surface area contributed by atoms with Crippen molar-refractivity contribution in [1.82, 2.24) is 15.0 Å². The molecule has 3 aromatic rings. The predicted molar refractivity (Wildman–Crippen MR) is 119 cm³/mol. The van der Waals surface area contributed by atoms with Crippen LogP contribution in [0.25, 0.3) is 11.4 Å². The van der Waals surface area contributed by atoms with Crippen molar-refractivity contribution in [1.29, 1.82) is 0 Å². The minimum atomic E-state index is -0.625. The van der Waals surface area contributed by atoms with E-state index in [1.807, 2.05) is 36.4 Å². The SMILES string of the molecule is COC(=O)C1Cc2ccccc2CN1C(=O)CCc1nc(-c2ccc(C(C)C)cc2)no1. The Morgan fingerprint density at radius 2 is 1.84 bits per heavy atom. The Labute approximate surface area is 187 Å². The molecule has 7 heteroatoms. The lowest BCUT2D eigenvalue weighted by molar-refractivity contribution is -0.154. The largest absolute Gasteiger partial charge is 0.467 e. The normalized spacial score (nSPS) is 15.5. The highest BCUT2D eigenvalue weighted by atomic mass is 16.5. The Balaban J connectivity index is 1.43. The molecule has 7 nitrogen and oxygen atoms in total. The highest BCUT2D eigenvalue weighted by Crippen LogP contribution is 2.25. The maximum absolute atomic E-state index is 13.0. The molecule has 1 aromatic heterocycles. The summed E-state index contributed by atoms with van der Waals surface area (Å²) in [6.07, 6.45) is 0.928. The van der Waals surface area contributed by atoms with E-state index in [0.717, 1.165) is 16.7 Å². The lowest BCUT2D eigenvalue weighted by Gasteiger charge is -2.35. The lowest BCUT2D eigenvalue weighted by Crippen LogP contribution is -2.49. The van der Waals surface area contributed by atoms with Gasteiger partial charge < -0.3 is 14.2 Å². The Bertz CT molecular complexity index is 1100. The predicted octanol–water partition coefficient (Wildman–Crippen LogP) is 3.92. The third-order valence-electron chi connectivity index (χ3n) is 5.90. The number of rotatable bonds is 6. The summed E-state index contributed by atoms with van der Waals surface area (Å²) in [5.41, 5.74) is 4.23. The van der Waals surface area contributed by atoms with E-state index in [1.54, 1.807) is 4.90 Å². The van der Waals surface area contributed by atoms with Crippen LogP contribution in [0.3, 0.4) is 0 Å². The molecule has 1 aliphatic rings. The van der Waals surface area contributed by atoms with Crippen molar-refractivity contribution in [2.24, 2.45) is 0 Å². The van der Waals surface area contributed by atoms with Crippen LogP contribution in [0.1, 0.15) is 48.8 Å². The summed E-state index contributed by atoms with van der Waals surface area (Å²) in [7, 11) is 1.35. The van der Waals surface area contributed by atoms with Crippen LogP contribution in [-0.4, -0.2) is 40.1 Å². The third kappa shape index (κ3) is 4.56. The Hall–Kier alpha value is -3.48. The number of nitrogens with zero attached hydrogens (tertiary/aromatic N) is 3. The second-order valence-electron chi connectivity index (χ2n) is 8.32. The molecule has 0 fully saturated rings. The zero-order valence-electron chi connectivity index (χ0n) is 18.6. The molecule has 2 heterocycles. The summed E-state index contributed by atoms with van der Waals surface area (Å²) in [5.74, 6) is 0.801. The fraction of sp³-hybridized carbons (Fsp3) is 0.360. The minimum absolute atomic E-state index is 0.143. The standard InChI is InChI=1S/C25H27N3O4/c1-16(2)17-8-10-18(11-9-17)24-26-22(32-27-24)12-13-23(29)28-15-20-7-5-4-6-19(20)14-21(28)25(30)31-3/h4-11,16,21H,12-15H2,1-3H3. The van der Waals surface area contributed by atoms with Gasteiger partial charge in [0.2, 0.25) is 17.6 Å². The van der Waals surface area contributed by atoms with Crippen LogP contribution in [0.4, 0.5) is 0 Å². The van der Waals surface area contributed by atoms with Gasteiger partial charge in [-0.05, 0) is 22.6 Å². The van der Waals surface area contributed by atoms with Crippen LogP contribution in [0.2, 0.25) is 0 Å². The smallest absolute Gasteiger partial charge is 0.328 e. The molecule has 1 aliphatic heterocycles. The number of hydrogen-bond acceptors (Lipinski definition) is 6. The van der Waals surface area contributed by atoms with Crippen molar-refractivity contribution >= 4 is 11.9 Å². The number of esters is 1. The molecule has 32 heavy (non-hydrogen) atoms. The average Bonchev–Trinajstić information content (AvgIpc) is 3.30. The van der Waals surface area contributed by atoms with Crippen LogP contribution in [0, 0.1) is 0 Å². The van der Waals surface area contributed by atoms with Gasteiger partial charge in [0.25, 0.3) is 0 Å².